The minimum absolute atomic E-state index is 0.0798. The molecule has 0 bridgehead atoms. The Morgan fingerprint density at radius 1 is 1.67 bits per heavy atom. The van der Waals surface area contributed by atoms with Crippen molar-refractivity contribution in [3.63, 3.8) is 0 Å². The average Bonchev–Trinajstić information content (AvgIpc) is 2.63. The van der Waals surface area contributed by atoms with E-state index >= 15 is 0 Å². The lowest BCUT2D eigenvalue weighted by atomic mass is 10.5. The molecule has 0 saturated carbocycles. The van der Waals surface area contributed by atoms with Crippen molar-refractivity contribution < 1.29 is 9.53 Å². The van der Waals surface area contributed by atoms with Crippen molar-refractivity contribution in [3.8, 4) is 0 Å². The Morgan fingerprint density at radius 2 is 2.47 bits per heavy atom. The molecule has 2 N–H and O–H groups in total. The van der Waals surface area contributed by atoms with Gasteiger partial charge in [-0.2, -0.15) is 5.10 Å². The summed E-state index contributed by atoms with van der Waals surface area (Å²) in [6.07, 6.45) is 3.38. The number of nitrogens with zero attached hydrogens (tertiary/aromatic N) is 2. The first-order chi connectivity index (χ1) is 7.26. The Hall–Kier alpha value is -1.40. The zero-order chi connectivity index (χ0) is 11.1. The molecule has 84 valence electrons. The second kappa shape index (κ2) is 6.15. The fourth-order valence-corrected chi connectivity index (χ4v) is 1.10. The second-order valence-electron chi connectivity index (χ2n) is 3.06. The minimum Gasteiger partial charge on any atom is -0.383 e. The van der Waals surface area contributed by atoms with Gasteiger partial charge in [-0.1, -0.05) is 0 Å². The van der Waals surface area contributed by atoms with Crippen LogP contribution in [0.3, 0.4) is 0 Å². The van der Waals surface area contributed by atoms with Crippen molar-refractivity contribution in [1.29, 1.82) is 0 Å². The molecule has 1 heterocycles. The average molecular weight is 212 g/mol. The maximum absolute atomic E-state index is 11.2. The highest BCUT2D eigenvalue weighted by atomic mass is 16.5. The Kier molecular flexibility index (Phi) is 4.79. The summed E-state index contributed by atoms with van der Waals surface area (Å²) in [5.41, 5.74) is 0.700. The first-order valence-corrected chi connectivity index (χ1v) is 4.72. The summed E-state index contributed by atoms with van der Waals surface area (Å²) in [4.78, 5) is 11.2. The summed E-state index contributed by atoms with van der Waals surface area (Å²) in [6, 6.07) is 0. The van der Waals surface area contributed by atoms with Gasteiger partial charge in [0.15, 0.2) is 0 Å². The molecule has 0 aliphatic rings. The number of amides is 1. The van der Waals surface area contributed by atoms with Crippen LogP contribution >= 0.6 is 0 Å². The highest BCUT2D eigenvalue weighted by Crippen LogP contribution is 2.03. The van der Waals surface area contributed by atoms with Crippen molar-refractivity contribution >= 4 is 11.6 Å². The van der Waals surface area contributed by atoms with E-state index in [2.05, 4.69) is 15.7 Å². The van der Waals surface area contributed by atoms with E-state index in [0.29, 0.717) is 25.4 Å². The van der Waals surface area contributed by atoms with E-state index in [1.165, 1.54) is 0 Å². The number of carbonyl (C=O) groups is 1. The largest absolute Gasteiger partial charge is 0.383 e. The Labute approximate surface area is 88.6 Å². The van der Waals surface area contributed by atoms with Crippen molar-refractivity contribution in [2.24, 2.45) is 0 Å². The molecule has 1 amide bonds. The van der Waals surface area contributed by atoms with Gasteiger partial charge in [0.1, 0.15) is 0 Å². The van der Waals surface area contributed by atoms with Gasteiger partial charge in [-0.3, -0.25) is 9.48 Å². The molecule has 15 heavy (non-hydrogen) atoms. The van der Waals surface area contributed by atoms with Crippen LogP contribution in [0, 0.1) is 0 Å². The zero-order valence-corrected chi connectivity index (χ0v) is 8.99. The molecule has 0 fully saturated rings. The van der Waals surface area contributed by atoms with Crippen molar-refractivity contribution in [3.05, 3.63) is 12.4 Å². The Bertz CT molecular complexity index is 311. The number of rotatable bonds is 6. The third-order valence-corrected chi connectivity index (χ3v) is 1.78. The Balaban J connectivity index is 2.42. The van der Waals surface area contributed by atoms with Gasteiger partial charge in [-0.25, -0.2) is 0 Å². The number of hydrogen-bond donors (Lipinski definition) is 2. The van der Waals surface area contributed by atoms with Gasteiger partial charge >= 0.3 is 0 Å². The summed E-state index contributed by atoms with van der Waals surface area (Å²) < 4.78 is 6.64. The monoisotopic (exact) mass is 212 g/mol. The van der Waals surface area contributed by atoms with Gasteiger partial charge in [0.25, 0.3) is 0 Å². The lowest BCUT2D eigenvalue weighted by Gasteiger charge is -2.00. The summed E-state index contributed by atoms with van der Waals surface area (Å²) >= 11 is 0. The zero-order valence-electron chi connectivity index (χ0n) is 8.99. The maximum Gasteiger partial charge on any atom is 0.238 e. The first kappa shape index (κ1) is 11.7. The van der Waals surface area contributed by atoms with Crippen LogP contribution in [0.25, 0.3) is 0 Å². The summed E-state index contributed by atoms with van der Waals surface area (Å²) in [7, 11) is 3.36. The van der Waals surface area contributed by atoms with Crippen LogP contribution in [0.4, 0.5) is 5.69 Å². The van der Waals surface area contributed by atoms with E-state index in [9.17, 15) is 4.79 Å². The maximum atomic E-state index is 11.2. The third kappa shape index (κ3) is 4.09. The minimum atomic E-state index is -0.0798. The molecule has 0 spiro atoms. The van der Waals surface area contributed by atoms with Crippen LogP contribution < -0.4 is 10.6 Å². The highest BCUT2D eigenvalue weighted by Gasteiger charge is 2.02. The number of carbonyl (C=O) groups excluding carboxylic acids is 1. The van der Waals surface area contributed by atoms with E-state index in [1.807, 2.05) is 0 Å². The third-order valence-electron chi connectivity index (χ3n) is 1.78. The molecule has 0 radical (unpaired) electrons. The van der Waals surface area contributed by atoms with Gasteiger partial charge in [0.2, 0.25) is 5.91 Å². The highest BCUT2D eigenvalue weighted by molar-refractivity contribution is 5.91. The molecule has 0 saturated heterocycles. The molecule has 0 aliphatic carbocycles. The fraction of sp³-hybridized carbons (Fsp3) is 0.556. The summed E-state index contributed by atoms with van der Waals surface area (Å²) in [6.45, 7) is 1.58. The quantitative estimate of drug-likeness (QED) is 0.678. The number of ether oxygens (including phenoxy) is 1. The van der Waals surface area contributed by atoms with Crippen LogP contribution in [0.15, 0.2) is 12.4 Å². The predicted octanol–water partition coefficient (Wildman–Crippen LogP) is -0.313. The fourth-order valence-electron chi connectivity index (χ4n) is 1.10. The van der Waals surface area contributed by atoms with Gasteiger partial charge in [0.05, 0.1) is 31.6 Å². The standard InChI is InChI=1S/C9H16N4O2/c1-10-6-9(14)12-8-5-11-13(7-8)3-4-15-2/h5,7,10H,3-4,6H2,1-2H3,(H,12,14). The molecule has 0 aliphatic heterocycles. The van der Waals surface area contributed by atoms with Crippen molar-refractivity contribution in [1.82, 2.24) is 15.1 Å². The lowest BCUT2D eigenvalue weighted by Crippen LogP contribution is -2.24. The topological polar surface area (TPSA) is 68.2 Å². The van der Waals surface area contributed by atoms with E-state index < -0.39 is 0 Å². The SMILES string of the molecule is CNCC(=O)Nc1cnn(CCOC)c1. The number of likely N-dealkylation sites (N-methyl/N-ethyl adjacent to an activating group) is 1. The van der Waals surface area contributed by atoms with Gasteiger partial charge < -0.3 is 15.4 Å². The van der Waals surface area contributed by atoms with Crippen LogP contribution in [-0.2, 0) is 16.1 Å². The normalized spacial score (nSPS) is 10.3. The number of aromatic nitrogens is 2. The molecule has 6 nitrogen and oxygen atoms in total. The number of anilines is 1. The van der Waals surface area contributed by atoms with Crippen LogP contribution in [0.1, 0.15) is 0 Å². The molecule has 6 heteroatoms. The second-order valence-corrected chi connectivity index (χ2v) is 3.06. The van der Waals surface area contributed by atoms with Gasteiger partial charge in [-0.05, 0) is 7.05 Å². The first-order valence-electron chi connectivity index (χ1n) is 4.72. The molecular formula is C9H16N4O2. The summed E-state index contributed by atoms with van der Waals surface area (Å²) in [5, 5.41) is 9.55. The molecule has 1 aromatic rings. The van der Waals surface area contributed by atoms with E-state index in [-0.39, 0.29) is 5.91 Å². The van der Waals surface area contributed by atoms with E-state index in [1.54, 1.807) is 31.2 Å². The number of hydrogen-bond acceptors (Lipinski definition) is 4. The molecule has 1 aromatic heterocycles. The Morgan fingerprint density at radius 3 is 3.13 bits per heavy atom. The molecule has 0 unspecified atom stereocenters. The number of nitrogens with one attached hydrogen (secondary N) is 2. The van der Waals surface area contributed by atoms with E-state index in [0.717, 1.165) is 0 Å². The van der Waals surface area contributed by atoms with Crippen molar-refractivity contribution in [2.45, 2.75) is 6.54 Å². The molecular weight excluding hydrogens is 196 g/mol. The van der Waals surface area contributed by atoms with Gasteiger partial charge in [-0.15, -0.1) is 0 Å². The van der Waals surface area contributed by atoms with E-state index in [4.69, 9.17) is 4.74 Å². The number of methoxy groups -OCH3 is 1. The van der Waals surface area contributed by atoms with Crippen molar-refractivity contribution in [2.75, 3.05) is 32.6 Å². The molecule has 1 rings (SSSR count). The molecule has 0 aromatic carbocycles. The predicted molar refractivity (Wildman–Crippen MR) is 56.7 cm³/mol. The van der Waals surface area contributed by atoms with Gasteiger partial charge in [0, 0.05) is 13.3 Å². The van der Waals surface area contributed by atoms with Crippen LogP contribution in [0.5, 0.6) is 0 Å². The smallest absolute Gasteiger partial charge is 0.238 e. The summed E-state index contributed by atoms with van der Waals surface area (Å²) in [5.74, 6) is -0.0798. The lowest BCUT2D eigenvalue weighted by molar-refractivity contribution is -0.115. The van der Waals surface area contributed by atoms with Crippen LogP contribution in [0.2, 0.25) is 0 Å². The van der Waals surface area contributed by atoms with Crippen LogP contribution in [-0.4, -0.2) is 43.0 Å². The molecule has 0 atom stereocenters.